The van der Waals surface area contributed by atoms with E-state index >= 15 is 0 Å². The summed E-state index contributed by atoms with van der Waals surface area (Å²) in [6.45, 7) is 11.2. The summed E-state index contributed by atoms with van der Waals surface area (Å²) >= 11 is 1.69. The zero-order valence-electron chi connectivity index (χ0n) is 24.5. The summed E-state index contributed by atoms with van der Waals surface area (Å²) in [7, 11) is 0. The number of thiophene rings is 1. The Hall–Kier alpha value is -3.96. The standard InChI is InChI=1S/C36H37N3OS/c1-22-18-23(2)32-28(19-22)29(33(39-32)24-12-8-6-9-13-24)21-37-35-31(34(40)38-26-14-10-7-11-15-26)27-17-16-25(36(3,4)5)20-30(27)41-35/h6-15,18-19,21,25,39H,16-17,20H2,1-5H3,(H,38,40)/t25-/m0/s1. The summed E-state index contributed by atoms with van der Waals surface area (Å²) in [5, 5.41) is 5.07. The number of aryl methyl sites for hydroxylation is 2. The van der Waals surface area contributed by atoms with Crippen LogP contribution in [0.1, 0.15) is 64.7 Å². The molecule has 6 rings (SSSR count). The Kier molecular flexibility index (Phi) is 7.16. The Morgan fingerprint density at radius 1 is 1.02 bits per heavy atom. The molecule has 1 aliphatic rings. The first-order valence-corrected chi connectivity index (χ1v) is 15.2. The van der Waals surface area contributed by atoms with E-state index < -0.39 is 0 Å². The van der Waals surface area contributed by atoms with Gasteiger partial charge in [-0.1, -0.05) is 80.9 Å². The molecule has 4 nitrogen and oxygen atoms in total. The number of anilines is 1. The van der Waals surface area contributed by atoms with Gasteiger partial charge in [0.25, 0.3) is 5.91 Å². The fraction of sp³-hybridized carbons (Fsp3) is 0.278. The molecular weight excluding hydrogens is 522 g/mol. The van der Waals surface area contributed by atoms with Gasteiger partial charge in [0.2, 0.25) is 0 Å². The van der Waals surface area contributed by atoms with E-state index in [1.165, 1.54) is 21.6 Å². The predicted molar refractivity (Wildman–Crippen MR) is 174 cm³/mol. The minimum absolute atomic E-state index is 0.0797. The highest BCUT2D eigenvalue weighted by molar-refractivity contribution is 7.16. The number of aromatic amines is 1. The van der Waals surface area contributed by atoms with Gasteiger partial charge in [0, 0.05) is 33.2 Å². The predicted octanol–water partition coefficient (Wildman–Crippen LogP) is 9.67. The summed E-state index contributed by atoms with van der Waals surface area (Å²) in [6.07, 6.45) is 4.95. The van der Waals surface area contributed by atoms with Crippen LogP contribution in [0.2, 0.25) is 0 Å². The molecule has 0 saturated carbocycles. The summed E-state index contributed by atoms with van der Waals surface area (Å²) in [6, 6.07) is 24.5. The molecule has 0 fully saturated rings. The second-order valence-corrected chi connectivity index (χ2v) is 13.4. The van der Waals surface area contributed by atoms with Gasteiger partial charge in [0.1, 0.15) is 5.00 Å². The van der Waals surface area contributed by atoms with E-state index in [0.717, 1.165) is 63.2 Å². The second kappa shape index (κ2) is 10.8. The number of para-hydroxylation sites is 1. The molecular formula is C36H37N3OS. The Labute approximate surface area is 246 Å². The van der Waals surface area contributed by atoms with Gasteiger partial charge in [-0.3, -0.25) is 4.79 Å². The van der Waals surface area contributed by atoms with E-state index in [1.54, 1.807) is 11.3 Å². The first kappa shape index (κ1) is 27.2. The first-order chi connectivity index (χ1) is 19.7. The Bertz CT molecular complexity index is 1750. The van der Waals surface area contributed by atoms with E-state index in [9.17, 15) is 4.79 Å². The molecule has 0 aliphatic heterocycles. The van der Waals surface area contributed by atoms with Crippen LogP contribution in [0, 0.1) is 25.2 Å². The van der Waals surface area contributed by atoms with Crippen molar-refractivity contribution < 1.29 is 4.79 Å². The molecule has 1 aliphatic carbocycles. The molecule has 0 spiro atoms. The number of benzene rings is 3. The van der Waals surface area contributed by atoms with E-state index in [2.05, 4.69) is 81.3 Å². The van der Waals surface area contributed by atoms with Crippen LogP contribution in [0.5, 0.6) is 0 Å². The molecule has 0 radical (unpaired) electrons. The van der Waals surface area contributed by atoms with Gasteiger partial charge in [0.15, 0.2) is 0 Å². The lowest BCUT2D eigenvalue weighted by atomic mass is 9.72. The van der Waals surface area contributed by atoms with E-state index in [4.69, 9.17) is 4.99 Å². The fourth-order valence-corrected chi connectivity index (χ4v) is 7.38. The minimum atomic E-state index is -0.0797. The lowest BCUT2D eigenvalue weighted by Gasteiger charge is -2.33. The fourth-order valence-electron chi connectivity index (χ4n) is 6.11. The summed E-state index contributed by atoms with van der Waals surface area (Å²) < 4.78 is 0. The van der Waals surface area contributed by atoms with Crippen molar-refractivity contribution >= 4 is 45.0 Å². The molecule has 0 bridgehead atoms. The number of nitrogens with zero attached hydrogens (tertiary/aromatic N) is 1. The van der Waals surface area contributed by atoms with Gasteiger partial charge < -0.3 is 10.3 Å². The number of hydrogen-bond acceptors (Lipinski definition) is 3. The molecule has 0 saturated heterocycles. The van der Waals surface area contributed by atoms with Crippen LogP contribution in [0.4, 0.5) is 10.7 Å². The van der Waals surface area contributed by atoms with Crippen molar-refractivity contribution in [1.29, 1.82) is 0 Å². The third-order valence-electron chi connectivity index (χ3n) is 8.39. The third-order valence-corrected chi connectivity index (χ3v) is 9.56. The van der Waals surface area contributed by atoms with Crippen LogP contribution >= 0.6 is 11.3 Å². The third kappa shape index (κ3) is 5.39. The number of carbonyl (C=O) groups is 1. The van der Waals surface area contributed by atoms with Gasteiger partial charge >= 0.3 is 0 Å². The Balaban J connectivity index is 1.48. The highest BCUT2D eigenvalue weighted by Gasteiger charge is 2.33. The number of carbonyl (C=O) groups excluding carboxylic acids is 1. The van der Waals surface area contributed by atoms with Crippen molar-refractivity contribution in [1.82, 2.24) is 4.98 Å². The largest absolute Gasteiger partial charge is 0.354 e. The molecule has 1 amide bonds. The zero-order valence-corrected chi connectivity index (χ0v) is 25.3. The summed E-state index contributed by atoms with van der Waals surface area (Å²) in [5.74, 6) is 0.503. The molecule has 0 unspecified atom stereocenters. The van der Waals surface area contributed by atoms with Crippen molar-refractivity contribution in [2.24, 2.45) is 16.3 Å². The van der Waals surface area contributed by atoms with Gasteiger partial charge in [0.05, 0.1) is 11.3 Å². The van der Waals surface area contributed by atoms with E-state index in [-0.39, 0.29) is 11.3 Å². The number of hydrogen-bond donors (Lipinski definition) is 2. The molecule has 2 heterocycles. The second-order valence-electron chi connectivity index (χ2n) is 12.4. The van der Waals surface area contributed by atoms with E-state index in [0.29, 0.717) is 5.92 Å². The lowest BCUT2D eigenvalue weighted by molar-refractivity contribution is 0.102. The smallest absolute Gasteiger partial charge is 0.259 e. The normalized spacial score (nSPS) is 15.4. The molecule has 41 heavy (non-hydrogen) atoms. The molecule has 2 N–H and O–H groups in total. The van der Waals surface area contributed by atoms with Gasteiger partial charge in [-0.15, -0.1) is 11.3 Å². The minimum Gasteiger partial charge on any atom is -0.354 e. The zero-order chi connectivity index (χ0) is 28.7. The van der Waals surface area contributed by atoms with Crippen molar-refractivity contribution in [3.8, 4) is 11.3 Å². The molecule has 2 aromatic heterocycles. The van der Waals surface area contributed by atoms with Gasteiger partial charge in [-0.25, -0.2) is 4.99 Å². The van der Waals surface area contributed by atoms with E-state index in [1.807, 2.05) is 42.6 Å². The van der Waals surface area contributed by atoms with Crippen molar-refractivity contribution in [2.45, 2.75) is 53.9 Å². The summed E-state index contributed by atoms with van der Waals surface area (Å²) in [4.78, 5) is 23.9. The number of aliphatic imine (C=N–C) groups is 1. The topological polar surface area (TPSA) is 57.2 Å². The van der Waals surface area contributed by atoms with Crippen molar-refractivity contribution in [3.05, 3.63) is 105 Å². The van der Waals surface area contributed by atoms with Gasteiger partial charge in [-0.05, 0) is 79.3 Å². The number of amides is 1. The maximum atomic E-state index is 13.8. The molecule has 3 aromatic carbocycles. The molecule has 5 aromatic rings. The average molecular weight is 560 g/mol. The number of fused-ring (bicyclic) bond motifs is 2. The maximum Gasteiger partial charge on any atom is 0.259 e. The highest BCUT2D eigenvalue weighted by Crippen LogP contribution is 2.45. The Morgan fingerprint density at radius 2 is 1.73 bits per heavy atom. The maximum absolute atomic E-state index is 13.8. The van der Waals surface area contributed by atoms with Gasteiger partial charge in [-0.2, -0.15) is 0 Å². The van der Waals surface area contributed by atoms with Crippen LogP contribution in [-0.4, -0.2) is 17.1 Å². The monoisotopic (exact) mass is 559 g/mol. The first-order valence-electron chi connectivity index (χ1n) is 14.4. The van der Waals surface area contributed by atoms with Crippen LogP contribution in [0.3, 0.4) is 0 Å². The number of rotatable bonds is 5. The number of H-pyrrole nitrogens is 1. The van der Waals surface area contributed by atoms with Crippen LogP contribution < -0.4 is 5.32 Å². The van der Waals surface area contributed by atoms with Crippen molar-refractivity contribution in [3.63, 3.8) is 0 Å². The van der Waals surface area contributed by atoms with Crippen LogP contribution in [-0.2, 0) is 12.8 Å². The summed E-state index contributed by atoms with van der Waals surface area (Å²) in [5.41, 5.74) is 9.67. The van der Waals surface area contributed by atoms with Crippen LogP contribution in [0.25, 0.3) is 22.2 Å². The SMILES string of the molecule is Cc1cc(C)c2[nH]c(-c3ccccc3)c(C=Nc3sc4c(c3C(=O)Nc3ccccc3)CC[C@H](C(C)(C)C)C4)c2c1. The lowest BCUT2D eigenvalue weighted by Crippen LogP contribution is -2.27. The van der Waals surface area contributed by atoms with Crippen molar-refractivity contribution in [2.75, 3.05) is 5.32 Å². The highest BCUT2D eigenvalue weighted by atomic mass is 32.1. The molecule has 1 atom stereocenters. The number of nitrogens with one attached hydrogen (secondary N) is 2. The quantitative estimate of drug-likeness (QED) is 0.207. The molecule has 5 heteroatoms. The molecule has 208 valence electrons. The number of aromatic nitrogens is 1. The Morgan fingerprint density at radius 3 is 2.44 bits per heavy atom. The average Bonchev–Trinajstić information content (AvgIpc) is 3.50. The van der Waals surface area contributed by atoms with Crippen LogP contribution in [0.15, 0.2) is 77.8 Å².